The van der Waals surface area contributed by atoms with Gasteiger partial charge in [-0.3, -0.25) is 9.59 Å². The van der Waals surface area contributed by atoms with Crippen molar-refractivity contribution in [1.29, 1.82) is 0 Å². The predicted molar refractivity (Wildman–Crippen MR) is 158 cm³/mol. The number of piperidine rings is 2. The van der Waals surface area contributed by atoms with Crippen LogP contribution in [0.2, 0.25) is 5.15 Å². The fraction of sp³-hybridized carbons (Fsp3) is 0.594. The molecule has 0 radical (unpaired) electrons. The van der Waals surface area contributed by atoms with Crippen LogP contribution in [0.15, 0.2) is 42.5 Å². The predicted octanol–water partition coefficient (Wildman–Crippen LogP) is 5.36. The van der Waals surface area contributed by atoms with Gasteiger partial charge in [-0.1, -0.05) is 54.8 Å². The molecular weight excluding hydrogens is 524 g/mol. The molecule has 3 heterocycles. The molecule has 3 aliphatic rings. The number of likely N-dealkylation sites (tertiary alicyclic amines) is 1. The second-order valence-electron chi connectivity index (χ2n) is 12.2. The van der Waals surface area contributed by atoms with Crippen molar-refractivity contribution in [2.45, 2.75) is 63.4 Å². The van der Waals surface area contributed by atoms with Crippen molar-refractivity contribution in [3.8, 4) is 0 Å². The number of carbonyl (C=O) groups is 2. The van der Waals surface area contributed by atoms with Crippen molar-refractivity contribution < 1.29 is 14.7 Å². The van der Waals surface area contributed by atoms with Crippen LogP contribution in [-0.2, 0) is 10.4 Å². The number of benzene rings is 1. The van der Waals surface area contributed by atoms with Gasteiger partial charge in [-0.2, -0.15) is 0 Å². The number of pyridine rings is 1. The minimum absolute atomic E-state index is 0.000598. The molecule has 40 heavy (non-hydrogen) atoms. The van der Waals surface area contributed by atoms with E-state index in [4.69, 9.17) is 11.6 Å². The number of hydrogen-bond acceptors (Lipinski definition) is 5. The SMILES string of the molecule is CN(C)C(=O)c1ccc(N2CCC(CC3CCN(C(=O)[C@](O)(c4ccccc4)C4CCCC4)CC3)CC2)nc1Cl. The third kappa shape index (κ3) is 6.01. The number of aliphatic hydroxyl groups is 1. The molecular formula is C32H43ClN4O3. The number of halogens is 1. The summed E-state index contributed by atoms with van der Waals surface area (Å²) < 4.78 is 0. The smallest absolute Gasteiger partial charge is 0.259 e. The van der Waals surface area contributed by atoms with E-state index in [1.54, 1.807) is 20.2 Å². The normalized spacial score (nSPS) is 20.9. The summed E-state index contributed by atoms with van der Waals surface area (Å²) in [5, 5.41) is 12.2. The topological polar surface area (TPSA) is 77.0 Å². The molecule has 2 saturated heterocycles. The summed E-state index contributed by atoms with van der Waals surface area (Å²) >= 11 is 6.35. The summed E-state index contributed by atoms with van der Waals surface area (Å²) in [5.41, 5.74) is -0.233. The van der Waals surface area contributed by atoms with Gasteiger partial charge >= 0.3 is 0 Å². The maximum atomic E-state index is 13.8. The molecule has 0 bridgehead atoms. The maximum absolute atomic E-state index is 13.8. The van der Waals surface area contributed by atoms with E-state index in [1.165, 1.54) is 11.3 Å². The first-order chi connectivity index (χ1) is 19.3. The second-order valence-corrected chi connectivity index (χ2v) is 12.6. The Morgan fingerprint density at radius 3 is 2.10 bits per heavy atom. The van der Waals surface area contributed by atoms with Gasteiger partial charge in [-0.15, -0.1) is 0 Å². The molecule has 2 aliphatic heterocycles. The largest absolute Gasteiger partial charge is 0.375 e. The van der Waals surface area contributed by atoms with Gasteiger partial charge in [-0.25, -0.2) is 4.98 Å². The van der Waals surface area contributed by atoms with E-state index in [1.807, 2.05) is 41.3 Å². The zero-order valence-corrected chi connectivity index (χ0v) is 24.7. The van der Waals surface area contributed by atoms with Crippen LogP contribution in [0, 0.1) is 17.8 Å². The average molecular weight is 567 g/mol. The number of hydrogen-bond donors (Lipinski definition) is 1. The van der Waals surface area contributed by atoms with Crippen molar-refractivity contribution in [2.24, 2.45) is 17.8 Å². The molecule has 1 N–H and O–H groups in total. The Morgan fingerprint density at radius 1 is 0.925 bits per heavy atom. The quantitative estimate of drug-likeness (QED) is 0.457. The van der Waals surface area contributed by atoms with Crippen molar-refractivity contribution in [2.75, 3.05) is 45.2 Å². The Balaban J connectivity index is 1.13. The van der Waals surface area contributed by atoms with E-state index >= 15 is 0 Å². The monoisotopic (exact) mass is 566 g/mol. The minimum atomic E-state index is -1.41. The summed E-state index contributed by atoms with van der Waals surface area (Å²) in [6.45, 7) is 3.31. The molecule has 1 atom stereocenters. The molecule has 1 aromatic heterocycles. The molecule has 1 saturated carbocycles. The first kappa shape index (κ1) is 28.9. The van der Waals surface area contributed by atoms with Gasteiger partial charge in [-0.05, 0) is 74.5 Å². The summed E-state index contributed by atoms with van der Waals surface area (Å²) in [7, 11) is 3.42. The standard InChI is InChI=1S/C32H43ClN4O3/c1-35(2)30(38)27-12-13-28(34-29(27)33)36-18-14-23(15-19-36)22-24-16-20-37(21-17-24)31(39)32(40,26-10-6-7-11-26)25-8-4-3-5-9-25/h3-5,8-9,12-13,23-24,26,40H,6-7,10-11,14-22H2,1-2H3/t32-/m0/s1. The van der Waals surface area contributed by atoms with Crippen LogP contribution in [0.4, 0.5) is 5.82 Å². The highest BCUT2D eigenvalue weighted by atomic mass is 35.5. The zero-order chi connectivity index (χ0) is 28.3. The first-order valence-corrected chi connectivity index (χ1v) is 15.4. The summed E-state index contributed by atoms with van der Waals surface area (Å²) in [6.07, 6.45) is 9.38. The van der Waals surface area contributed by atoms with Gasteiger partial charge in [0.15, 0.2) is 5.60 Å². The number of carbonyl (C=O) groups excluding carboxylic acids is 2. The summed E-state index contributed by atoms with van der Waals surface area (Å²) in [6, 6.07) is 13.3. The van der Waals surface area contributed by atoms with Crippen LogP contribution < -0.4 is 4.90 Å². The molecule has 1 aliphatic carbocycles. The van der Waals surface area contributed by atoms with Gasteiger partial charge < -0.3 is 19.8 Å². The van der Waals surface area contributed by atoms with Gasteiger partial charge in [0.2, 0.25) is 0 Å². The highest BCUT2D eigenvalue weighted by Crippen LogP contribution is 2.42. The molecule has 216 valence electrons. The molecule has 0 unspecified atom stereocenters. The highest BCUT2D eigenvalue weighted by Gasteiger charge is 2.48. The van der Waals surface area contributed by atoms with E-state index in [-0.39, 0.29) is 22.9 Å². The molecule has 5 rings (SSSR count). The van der Waals surface area contributed by atoms with E-state index in [0.717, 1.165) is 88.9 Å². The van der Waals surface area contributed by atoms with Crippen molar-refractivity contribution >= 4 is 29.2 Å². The van der Waals surface area contributed by atoms with Crippen molar-refractivity contribution in [3.05, 3.63) is 58.7 Å². The molecule has 8 heteroatoms. The number of nitrogens with zero attached hydrogens (tertiary/aromatic N) is 4. The van der Waals surface area contributed by atoms with Gasteiger partial charge in [0.1, 0.15) is 11.0 Å². The summed E-state index contributed by atoms with van der Waals surface area (Å²) in [5.74, 6) is 1.87. The van der Waals surface area contributed by atoms with Gasteiger partial charge in [0, 0.05) is 46.2 Å². The average Bonchev–Trinajstić information content (AvgIpc) is 3.53. The number of amides is 2. The highest BCUT2D eigenvalue weighted by molar-refractivity contribution is 6.32. The third-order valence-corrected chi connectivity index (χ3v) is 9.75. The first-order valence-electron chi connectivity index (χ1n) is 15.0. The Labute approximate surface area is 243 Å². The fourth-order valence-electron chi connectivity index (χ4n) is 7.05. The Bertz CT molecular complexity index is 1170. The molecule has 1 aromatic carbocycles. The van der Waals surface area contributed by atoms with Crippen LogP contribution in [-0.4, -0.2) is 72.0 Å². The lowest BCUT2D eigenvalue weighted by Crippen LogP contribution is -2.53. The summed E-state index contributed by atoms with van der Waals surface area (Å²) in [4.78, 5) is 36.3. The fourth-order valence-corrected chi connectivity index (χ4v) is 7.28. The lowest BCUT2D eigenvalue weighted by Gasteiger charge is -2.41. The number of aromatic nitrogens is 1. The van der Waals surface area contributed by atoms with Crippen LogP contribution >= 0.6 is 11.6 Å². The van der Waals surface area contributed by atoms with Crippen molar-refractivity contribution in [1.82, 2.24) is 14.8 Å². The van der Waals surface area contributed by atoms with Crippen LogP contribution in [0.3, 0.4) is 0 Å². The number of anilines is 1. The van der Waals surface area contributed by atoms with Crippen LogP contribution in [0.1, 0.15) is 73.7 Å². The lowest BCUT2D eigenvalue weighted by molar-refractivity contribution is -0.161. The Morgan fingerprint density at radius 2 is 1.52 bits per heavy atom. The minimum Gasteiger partial charge on any atom is -0.375 e. The zero-order valence-electron chi connectivity index (χ0n) is 23.9. The maximum Gasteiger partial charge on any atom is 0.259 e. The van der Waals surface area contributed by atoms with Crippen molar-refractivity contribution in [3.63, 3.8) is 0 Å². The molecule has 7 nitrogen and oxygen atoms in total. The van der Waals surface area contributed by atoms with Crippen LogP contribution in [0.25, 0.3) is 0 Å². The molecule has 2 aromatic rings. The lowest BCUT2D eigenvalue weighted by atomic mass is 9.78. The van der Waals surface area contributed by atoms with E-state index in [2.05, 4.69) is 9.88 Å². The Hall–Kier alpha value is -2.64. The van der Waals surface area contributed by atoms with E-state index in [0.29, 0.717) is 17.4 Å². The van der Waals surface area contributed by atoms with Gasteiger partial charge in [0.25, 0.3) is 11.8 Å². The molecule has 0 spiro atoms. The molecule has 2 amide bonds. The third-order valence-electron chi connectivity index (χ3n) is 9.46. The van der Waals surface area contributed by atoms with Gasteiger partial charge in [0.05, 0.1) is 5.56 Å². The second kappa shape index (κ2) is 12.5. The Kier molecular flexibility index (Phi) is 9.01. The molecule has 3 fully saturated rings. The van der Waals surface area contributed by atoms with Crippen LogP contribution in [0.5, 0.6) is 0 Å². The van der Waals surface area contributed by atoms with E-state index < -0.39 is 5.60 Å². The number of rotatable bonds is 7. The van der Waals surface area contributed by atoms with E-state index in [9.17, 15) is 14.7 Å².